The Balaban J connectivity index is 0.00000900. The van der Waals surface area contributed by atoms with Gasteiger partial charge in [-0.05, 0) is 37.0 Å². The van der Waals surface area contributed by atoms with E-state index >= 15 is 0 Å². The van der Waals surface area contributed by atoms with Crippen LogP contribution >= 0.6 is 0 Å². The van der Waals surface area contributed by atoms with Crippen molar-refractivity contribution in [1.82, 2.24) is 5.32 Å². The van der Waals surface area contributed by atoms with Crippen molar-refractivity contribution in [3.8, 4) is 5.75 Å². The summed E-state index contributed by atoms with van der Waals surface area (Å²) in [6.07, 6.45) is 9.33. The number of carbonyl (C=O) groups excluding carboxylic acids is 1. The minimum absolute atomic E-state index is 0. The van der Waals surface area contributed by atoms with Crippen LogP contribution in [0, 0.1) is 0 Å². The molecule has 1 N–H and O–H groups in total. The van der Waals surface area contributed by atoms with Gasteiger partial charge in [0.15, 0.2) is 0 Å². The Kier molecular flexibility index (Phi) is 17.3. The average molecular weight is 466 g/mol. The Morgan fingerprint density at radius 3 is 2.13 bits per heavy atom. The first-order valence-corrected chi connectivity index (χ1v) is 12.5. The number of hydrogen-bond donors (Lipinski definition) is 1. The molecule has 31 heavy (non-hydrogen) atoms. The van der Waals surface area contributed by atoms with Gasteiger partial charge in [0.2, 0.25) is 0 Å². The van der Waals surface area contributed by atoms with Crippen molar-refractivity contribution in [2.45, 2.75) is 77.2 Å². The zero-order valence-electron chi connectivity index (χ0n) is 19.2. The van der Waals surface area contributed by atoms with Crippen molar-refractivity contribution < 1.29 is 56.8 Å². The summed E-state index contributed by atoms with van der Waals surface area (Å²) in [5, 5.41) is 2.52. The second kappa shape index (κ2) is 17.7. The number of carbonyl (C=O) groups is 1. The van der Waals surface area contributed by atoms with Crippen LogP contribution in [-0.4, -0.2) is 38.5 Å². The van der Waals surface area contributed by atoms with Crippen LogP contribution in [0.5, 0.6) is 5.75 Å². The number of unbranched alkanes of at least 4 members (excludes halogenated alkanes) is 7. The molecule has 1 rings (SSSR count). The van der Waals surface area contributed by atoms with E-state index in [0.29, 0.717) is 6.42 Å². The summed E-state index contributed by atoms with van der Waals surface area (Å²) in [4.78, 5) is 12.1. The molecule has 1 atom stereocenters. The first kappa shape index (κ1) is 30.2. The van der Waals surface area contributed by atoms with E-state index in [2.05, 4.69) is 12.2 Å². The van der Waals surface area contributed by atoms with Crippen LogP contribution in [0.4, 0.5) is 4.79 Å². The summed E-state index contributed by atoms with van der Waals surface area (Å²) >= 11 is 0. The quantitative estimate of drug-likeness (QED) is 0.227. The van der Waals surface area contributed by atoms with Gasteiger partial charge < -0.3 is 19.3 Å². The molecule has 1 aromatic carbocycles. The number of alkyl carbamates (subject to hydrolysis) is 1. The van der Waals surface area contributed by atoms with Crippen molar-refractivity contribution in [3.05, 3.63) is 29.8 Å². The van der Waals surface area contributed by atoms with E-state index in [-0.39, 0.29) is 48.6 Å². The third-order valence-corrected chi connectivity index (χ3v) is 5.69. The number of hydrogen-bond acceptors (Lipinski definition) is 6. The van der Waals surface area contributed by atoms with Gasteiger partial charge in [0.1, 0.15) is 11.9 Å². The molecule has 9 heteroatoms. The molecule has 0 aliphatic rings. The number of benzene rings is 1. The molecule has 0 aliphatic heterocycles. The molecule has 0 radical (unpaired) electrons. The third kappa shape index (κ3) is 15.6. The summed E-state index contributed by atoms with van der Waals surface area (Å²) in [6, 6.07) is 7.42. The molecule has 172 valence electrons. The maximum absolute atomic E-state index is 12.1. The van der Waals surface area contributed by atoms with E-state index in [1.54, 1.807) is 7.11 Å². The fourth-order valence-corrected chi connectivity index (χ4v) is 3.68. The largest absolute Gasteiger partial charge is 1.00 e. The number of nitrogens with one attached hydrogen (secondary N) is 1. The zero-order chi connectivity index (χ0) is 22.2. The van der Waals surface area contributed by atoms with Gasteiger partial charge in [-0.25, -0.2) is 13.2 Å². The average Bonchev–Trinajstić information content (AvgIpc) is 2.71. The number of amides is 1. The van der Waals surface area contributed by atoms with Crippen molar-refractivity contribution >= 4 is 16.2 Å². The molecule has 0 saturated heterocycles. The molecule has 0 fully saturated rings. The van der Waals surface area contributed by atoms with Crippen LogP contribution in [0.15, 0.2) is 24.3 Å². The van der Waals surface area contributed by atoms with Gasteiger partial charge in [0, 0.05) is 12.3 Å². The molecule has 0 bridgehead atoms. The molecule has 0 spiro atoms. The minimum atomic E-state index is -4.27. The molecule has 7 nitrogen and oxygen atoms in total. The molecule has 0 aliphatic carbocycles. The van der Waals surface area contributed by atoms with E-state index in [0.717, 1.165) is 24.2 Å². The van der Waals surface area contributed by atoms with Gasteiger partial charge in [-0.2, -0.15) is 0 Å². The van der Waals surface area contributed by atoms with Crippen LogP contribution in [0.25, 0.3) is 0 Å². The molecule has 0 saturated carbocycles. The van der Waals surface area contributed by atoms with Crippen LogP contribution < -0.4 is 39.6 Å². The van der Waals surface area contributed by atoms with E-state index in [1.807, 2.05) is 24.3 Å². The second-order valence-corrected chi connectivity index (χ2v) is 9.00. The smallest absolute Gasteiger partial charge is 0.748 e. The third-order valence-electron chi connectivity index (χ3n) is 4.90. The van der Waals surface area contributed by atoms with Crippen molar-refractivity contribution in [3.63, 3.8) is 0 Å². The second-order valence-electron chi connectivity index (χ2n) is 7.47. The van der Waals surface area contributed by atoms with Crippen LogP contribution in [0.3, 0.4) is 0 Å². The van der Waals surface area contributed by atoms with E-state index in [4.69, 9.17) is 9.47 Å². The topological polar surface area (TPSA) is 105 Å². The van der Waals surface area contributed by atoms with Gasteiger partial charge >= 0.3 is 35.7 Å². The molecule has 1 aromatic rings. The van der Waals surface area contributed by atoms with Crippen molar-refractivity contribution in [2.24, 2.45) is 0 Å². The molecule has 1 amide bonds. The Morgan fingerprint density at radius 2 is 1.58 bits per heavy atom. The van der Waals surface area contributed by atoms with Crippen LogP contribution in [0.2, 0.25) is 0 Å². The molecule has 0 heterocycles. The van der Waals surface area contributed by atoms with Crippen LogP contribution in [-0.2, 0) is 14.9 Å². The standard InChI is InChI=1S/C22H37NO6S.Na/c1-3-4-5-6-7-8-9-10-12-21(19-13-15-20(28-2)16-14-19)29-22(24)23-17-11-18-30(25,26)27;/h13-16,21H,3-12,17-18H2,1-2H3,(H,23,24)(H,25,26,27);/q;+1/p-1. The normalized spacial score (nSPS) is 12.0. The Bertz CT molecular complexity index is 696. The summed E-state index contributed by atoms with van der Waals surface area (Å²) in [6.45, 7) is 2.29. The SMILES string of the molecule is CCCCCCCCCCC(OC(=O)NCCCS(=O)(=O)[O-])c1ccc(OC)cc1.[Na+]. The Hall–Kier alpha value is -0.800. The van der Waals surface area contributed by atoms with E-state index in [9.17, 15) is 17.8 Å². The maximum atomic E-state index is 12.1. The molecule has 0 aromatic heterocycles. The fourth-order valence-electron chi connectivity index (χ4n) is 3.19. The van der Waals surface area contributed by atoms with Gasteiger partial charge in [0.05, 0.1) is 17.2 Å². The number of ether oxygens (including phenoxy) is 2. The maximum Gasteiger partial charge on any atom is 1.00 e. The minimum Gasteiger partial charge on any atom is -0.748 e. The van der Waals surface area contributed by atoms with E-state index < -0.39 is 22.0 Å². The number of methoxy groups -OCH3 is 1. The van der Waals surface area contributed by atoms with Gasteiger partial charge in [-0.1, -0.05) is 64.0 Å². The molecular weight excluding hydrogens is 429 g/mol. The summed E-state index contributed by atoms with van der Waals surface area (Å²) in [5.74, 6) is 0.223. The van der Waals surface area contributed by atoms with Crippen molar-refractivity contribution in [1.29, 1.82) is 0 Å². The monoisotopic (exact) mass is 465 g/mol. The summed E-state index contributed by atoms with van der Waals surface area (Å²) in [7, 11) is -2.68. The predicted octanol–water partition coefficient (Wildman–Crippen LogP) is 1.93. The molecular formula is C22H36NNaO6S. The van der Waals surface area contributed by atoms with Crippen LogP contribution in [0.1, 0.15) is 82.8 Å². The summed E-state index contributed by atoms with van der Waals surface area (Å²) in [5.41, 5.74) is 0.885. The zero-order valence-corrected chi connectivity index (χ0v) is 22.0. The molecule has 1 unspecified atom stereocenters. The predicted molar refractivity (Wildman–Crippen MR) is 117 cm³/mol. The van der Waals surface area contributed by atoms with Crippen molar-refractivity contribution in [2.75, 3.05) is 19.4 Å². The van der Waals surface area contributed by atoms with Gasteiger partial charge in [0.25, 0.3) is 0 Å². The first-order chi connectivity index (χ1) is 14.4. The number of rotatable bonds is 16. The fraction of sp³-hybridized carbons (Fsp3) is 0.682. The Morgan fingerprint density at radius 1 is 1.00 bits per heavy atom. The Labute approximate surface area is 209 Å². The van der Waals surface area contributed by atoms with Gasteiger partial charge in [-0.15, -0.1) is 0 Å². The summed E-state index contributed by atoms with van der Waals surface area (Å²) < 4.78 is 42.6. The van der Waals surface area contributed by atoms with E-state index in [1.165, 1.54) is 38.5 Å². The first-order valence-electron chi connectivity index (χ1n) is 10.9. The van der Waals surface area contributed by atoms with Gasteiger partial charge in [-0.3, -0.25) is 0 Å².